The first-order valence-electron chi connectivity index (χ1n) is 12.2. The Hall–Kier alpha value is -1.14. The monoisotopic (exact) mass is 432 g/mol. The van der Waals surface area contributed by atoms with Gasteiger partial charge < -0.3 is 24.4 Å². The third-order valence-corrected chi connectivity index (χ3v) is 8.64. The lowest BCUT2D eigenvalue weighted by atomic mass is 9.52. The van der Waals surface area contributed by atoms with E-state index in [9.17, 15) is 10.2 Å². The van der Waals surface area contributed by atoms with E-state index in [4.69, 9.17) is 14.2 Å². The van der Waals surface area contributed by atoms with E-state index in [1.165, 1.54) is 43.2 Å². The number of rotatable bonds is 10. The molecule has 31 heavy (non-hydrogen) atoms. The van der Waals surface area contributed by atoms with Crippen LogP contribution in [0.2, 0.25) is 0 Å². The minimum Gasteiger partial charge on any atom is -0.468 e. The first kappa shape index (κ1) is 23.0. The second-order valence-corrected chi connectivity index (χ2v) is 10.1. The number of hydrogen-bond donors (Lipinski definition) is 2. The first-order valence-corrected chi connectivity index (χ1v) is 12.2. The number of fused-ring (bicyclic) bond motifs is 5. The third kappa shape index (κ3) is 4.52. The van der Waals surface area contributed by atoms with Crippen molar-refractivity contribution in [3.05, 3.63) is 29.3 Å². The molecule has 3 aliphatic carbocycles. The van der Waals surface area contributed by atoms with Crippen LogP contribution in [0.1, 0.15) is 75.3 Å². The Morgan fingerprint density at radius 2 is 1.97 bits per heavy atom. The second-order valence-electron chi connectivity index (χ2n) is 10.1. The fourth-order valence-electron chi connectivity index (χ4n) is 7.28. The van der Waals surface area contributed by atoms with E-state index in [1.807, 2.05) is 6.07 Å². The van der Waals surface area contributed by atoms with Gasteiger partial charge in [-0.15, -0.1) is 0 Å². The molecule has 0 amide bonds. The van der Waals surface area contributed by atoms with Crippen molar-refractivity contribution in [2.75, 3.05) is 27.3 Å². The van der Waals surface area contributed by atoms with Gasteiger partial charge in [-0.3, -0.25) is 0 Å². The quantitative estimate of drug-likeness (QED) is 0.416. The fourth-order valence-corrected chi connectivity index (χ4v) is 7.28. The molecule has 2 saturated carbocycles. The van der Waals surface area contributed by atoms with E-state index in [-0.39, 0.29) is 12.2 Å². The highest BCUT2D eigenvalue weighted by Gasteiger charge is 2.57. The molecule has 4 rings (SSSR count). The first-order chi connectivity index (χ1) is 15.1. The van der Waals surface area contributed by atoms with E-state index in [0.717, 1.165) is 31.4 Å². The van der Waals surface area contributed by atoms with Gasteiger partial charge in [0.1, 0.15) is 12.5 Å². The van der Waals surface area contributed by atoms with Crippen LogP contribution in [0.15, 0.2) is 18.2 Å². The molecular weight excluding hydrogens is 392 g/mol. The Morgan fingerprint density at radius 1 is 1.10 bits per heavy atom. The molecule has 0 bridgehead atoms. The molecule has 0 heterocycles. The summed E-state index contributed by atoms with van der Waals surface area (Å²) >= 11 is 0. The lowest BCUT2D eigenvalue weighted by Crippen LogP contribution is -2.47. The number of methoxy groups -OCH3 is 1. The van der Waals surface area contributed by atoms with Gasteiger partial charge in [-0.05, 0) is 97.3 Å². The molecule has 3 aliphatic rings. The smallest absolute Gasteiger partial charge is 0.186 e. The van der Waals surface area contributed by atoms with Crippen LogP contribution in [0.5, 0.6) is 5.75 Å². The average molecular weight is 433 g/mol. The maximum absolute atomic E-state index is 9.20. The molecule has 174 valence electrons. The molecular formula is C26H40O5. The van der Waals surface area contributed by atoms with Crippen LogP contribution in [0.4, 0.5) is 0 Å². The summed E-state index contributed by atoms with van der Waals surface area (Å²) in [7, 11) is 1.71. The zero-order valence-corrected chi connectivity index (χ0v) is 19.2. The van der Waals surface area contributed by atoms with Crippen molar-refractivity contribution in [2.45, 2.75) is 76.7 Å². The molecule has 1 aromatic rings. The SMILES string of the molecule is COCO[C@H]1CC[C@H]2[C@@H]3[C@H](CCCCCO)Cc4cc(OCO)ccc4[C@H]3CC[C@]12C. The largest absolute Gasteiger partial charge is 0.468 e. The minimum atomic E-state index is -0.279. The van der Waals surface area contributed by atoms with Crippen molar-refractivity contribution >= 4 is 0 Å². The summed E-state index contributed by atoms with van der Waals surface area (Å²) in [5, 5.41) is 18.4. The van der Waals surface area contributed by atoms with E-state index in [2.05, 4.69) is 19.1 Å². The van der Waals surface area contributed by atoms with Crippen LogP contribution in [-0.2, 0) is 15.9 Å². The summed E-state index contributed by atoms with van der Waals surface area (Å²) in [6, 6.07) is 6.45. The molecule has 1 aromatic carbocycles. The summed E-state index contributed by atoms with van der Waals surface area (Å²) < 4.78 is 16.8. The number of aliphatic hydroxyl groups excluding tert-OH is 2. The molecule has 2 N–H and O–H groups in total. The number of aliphatic hydroxyl groups is 2. The summed E-state index contributed by atoms with van der Waals surface area (Å²) in [4.78, 5) is 0. The summed E-state index contributed by atoms with van der Waals surface area (Å²) in [6.45, 7) is 2.87. The summed E-state index contributed by atoms with van der Waals surface area (Å²) in [6.07, 6.45) is 10.6. The van der Waals surface area contributed by atoms with E-state index in [1.54, 1.807) is 7.11 Å². The lowest BCUT2D eigenvalue weighted by molar-refractivity contribution is -0.128. The van der Waals surface area contributed by atoms with Gasteiger partial charge in [0.2, 0.25) is 0 Å². The van der Waals surface area contributed by atoms with Crippen molar-refractivity contribution in [2.24, 2.45) is 23.2 Å². The molecule has 0 radical (unpaired) electrons. The summed E-state index contributed by atoms with van der Waals surface area (Å²) in [5.74, 6) is 3.42. The molecule has 0 saturated heterocycles. The predicted octanol–water partition coefficient (Wildman–Crippen LogP) is 4.64. The standard InChI is InChI=1S/C26H40O5/c1-26-12-11-22-21-8-7-20(30-16-28)15-19(21)14-18(6-4-3-5-13-27)25(22)23(26)9-10-24(26)31-17-29-2/h7-8,15,18,22-25,27-28H,3-6,9-14,16-17H2,1-2H3/t18-,22-,23+,24+,25-,26+/m1/s1. The Bertz CT molecular complexity index is 722. The molecule has 0 aliphatic heterocycles. The van der Waals surface area contributed by atoms with E-state index >= 15 is 0 Å². The van der Waals surface area contributed by atoms with Gasteiger partial charge in [-0.25, -0.2) is 0 Å². The Kier molecular flexibility index (Phi) is 7.58. The van der Waals surface area contributed by atoms with Gasteiger partial charge in [-0.2, -0.15) is 0 Å². The predicted molar refractivity (Wildman–Crippen MR) is 120 cm³/mol. The van der Waals surface area contributed by atoms with Gasteiger partial charge in [0.15, 0.2) is 6.79 Å². The Labute approximate surface area is 187 Å². The molecule has 5 heteroatoms. The average Bonchev–Trinajstić information content (AvgIpc) is 3.11. The number of unbranched alkanes of at least 4 members (excludes halogenated alkanes) is 2. The van der Waals surface area contributed by atoms with Crippen LogP contribution in [0, 0.1) is 23.2 Å². The van der Waals surface area contributed by atoms with Gasteiger partial charge in [0, 0.05) is 13.7 Å². The minimum absolute atomic E-state index is 0.237. The third-order valence-electron chi connectivity index (χ3n) is 8.64. The van der Waals surface area contributed by atoms with Crippen LogP contribution in [-0.4, -0.2) is 43.6 Å². The van der Waals surface area contributed by atoms with Crippen molar-refractivity contribution in [3.63, 3.8) is 0 Å². The summed E-state index contributed by atoms with van der Waals surface area (Å²) in [5.41, 5.74) is 3.15. The van der Waals surface area contributed by atoms with Crippen LogP contribution >= 0.6 is 0 Å². The molecule has 0 unspecified atom stereocenters. The van der Waals surface area contributed by atoms with Crippen molar-refractivity contribution in [3.8, 4) is 5.75 Å². The Morgan fingerprint density at radius 3 is 2.74 bits per heavy atom. The highest BCUT2D eigenvalue weighted by atomic mass is 16.7. The van der Waals surface area contributed by atoms with Gasteiger partial charge in [0.25, 0.3) is 0 Å². The Balaban J connectivity index is 1.60. The molecule has 0 aromatic heterocycles. The lowest BCUT2D eigenvalue weighted by Gasteiger charge is -2.53. The second kappa shape index (κ2) is 10.2. The van der Waals surface area contributed by atoms with Gasteiger partial charge in [-0.1, -0.05) is 25.8 Å². The maximum atomic E-state index is 9.20. The van der Waals surface area contributed by atoms with E-state index < -0.39 is 0 Å². The topological polar surface area (TPSA) is 68.2 Å². The van der Waals surface area contributed by atoms with Crippen LogP contribution < -0.4 is 4.74 Å². The maximum Gasteiger partial charge on any atom is 0.186 e. The molecule has 0 spiro atoms. The molecule has 6 atom stereocenters. The number of hydrogen-bond acceptors (Lipinski definition) is 5. The fraction of sp³-hybridized carbons (Fsp3) is 0.769. The van der Waals surface area contributed by atoms with Crippen LogP contribution in [0.3, 0.4) is 0 Å². The van der Waals surface area contributed by atoms with Gasteiger partial charge >= 0.3 is 0 Å². The highest BCUT2D eigenvalue weighted by molar-refractivity contribution is 5.41. The highest BCUT2D eigenvalue weighted by Crippen LogP contribution is 2.63. The number of ether oxygens (including phenoxy) is 3. The zero-order chi connectivity index (χ0) is 21.8. The van der Waals surface area contributed by atoms with Crippen molar-refractivity contribution in [1.29, 1.82) is 0 Å². The zero-order valence-electron chi connectivity index (χ0n) is 19.2. The van der Waals surface area contributed by atoms with Crippen molar-refractivity contribution in [1.82, 2.24) is 0 Å². The normalized spacial score (nSPS) is 34.1. The molecule has 5 nitrogen and oxygen atoms in total. The molecule has 2 fully saturated rings. The van der Waals surface area contributed by atoms with Crippen LogP contribution in [0.25, 0.3) is 0 Å². The van der Waals surface area contributed by atoms with E-state index in [0.29, 0.717) is 43.2 Å². The van der Waals surface area contributed by atoms with Crippen molar-refractivity contribution < 1.29 is 24.4 Å². The number of benzene rings is 1. The van der Waals surface area contributed by atoms with Gasteiger partial charge in [0.05, 0.1) is 6.10 Å².